The van der Waals surface area contributed by atoms with Gasteiger partial charge in [0.1, 0.15) is 5.56 Å². The molecule has 1 amide bonds. The summed E-state index contributed by atoms with van der Waals surface area (Å²) in [5.74, 6) is -11.7. The molecule has 0 bridgehead atoms. The maximum absolute atomic E-state index is 14.0. The lowest BCUT2D eigenvalue weighted by molar-refractivity contribution is -0.268. The van der Waals surface area contributed by atoms with E-state index in [1.807, 2.05) is 19.1 Å². The second kappa shape index (κ2) is 13.1. The van der Waals surface area contributed by atoms with Crippen molar-refractivity contribution in [1.29, 1.82) is 0 Å². The zero-order chi connectivity index (χ0) is 29.0. The van der Waals surface area contributed by atoms with E-state index in [9.17, 15) is 31.9 Å². The molecule has 4 atom stereocenters. The van der Waals surface area contributed by atoms with E-state index in [0.717, 1.165) is 11.1 Å². The van der Waals surface area contributed by atoms with E-state index in [-0.39, 0.29) is 37.0 Å². The molecule has 1 aliphatic heterocycles. The highest BCUT2D eigenvalue weighted by Crippen LogP contribution is 2.42. The topological polar surface area (TPSA) is 88.0 Å². The van der Waals surface area contributed by atoms with Crippen LogP contribution in [-0.2, 0) is 16.1 Å². The lowest BCUT2D eigenvalue weighted by atomic mass is 9.91. The minimum absolute atomic E-state index is 0.0237. The van der Waals surface area contributed by atoms with Crippen LogP contribution in [0.1, 0.15) is 46.4 Å². The molecule has 6 nitrogen and oxygen atoms in total. The van der Waals surface area contributed by atoms with Gasteiger partial charge < -0.3 is 25.0 Å². The Morgan fingerprint density at radius 1 is 0.850 bits per heavy atom. The second-order valence-electron chi connectivity index (χ2n) is 9.14. The van der Waals surface area contributed by atoms with Crippen LogP contribution in [0.5, 0.6) is 0 Å². The van der Waals surface area contributed by atoms with E-state index in [1.165, 1.54) is 23.9 Å². The van der Waals surface area contributed by atoms with Crippen molar-refractivity contribution in [2.24, 2.45) is 5.92 Å². The van der Waals surface area contributed by atoms with Crippen LogP contribution in [0.15, 0.2) is 48.5 Å². The number of anilines is 1. The third kappa shape index (κ3) is 6.31. The Morgan fingerprint density at radius 2 is 1.43 bits per heavy atom. The minimum Gasteiger partial charge on any atom is -0.396 e. The standard InChI is InChI=1S/C28H26F5NO5S/c1-14-19(13-40-11-10-35)38-28(39-26(14)16-4-2-15(12-36)3-5-16)17-6-8-18(9-7-17)34-27(37)20-21(29)23(31)25(33)24(32)22(20)30/h2-9,14,19,26,28,35-36H,10-13H2,1H3,(H,34,37)/t14-,19+,26+,28+/m0/s1. The van der Waals surface area contributed by atoms with Crippen molar-refractivity contribution in [3.05, 3.63) is 99.9 Å². The number of halogens is 5. The van der Waals surface area contributed by atoms with Crippen LogP contribution in [0.3, 0.4) is 0 Å². The largest absolute Gasteiger partial charge is 0.396 e. The summed E-state index contributed by atoms with van der Waals surface area (Å²) in [6.07, 6.45) is -1.47. The number of hydrogen-bond acceptors (Lipinski definition) is 6. The van der Waals surface area contributed by atoms with Gasteiger partial charge in [0, 0.05) is 28.7 Å². The van der Waals surface area contributed by atoms with Gasteiger partial charge in [0.15, 0.2) is 29.6 Å². The summed E-state index contributed by atoms with van der Waals surface area (Å²) in [4.78, 5) is 12.4. The lowest BCUT2D eigenvalue weighted by Crippen LogP contribution is -2.38. The molecule has 0 saturated carbocycles. The molecule has 214 valence electrons. The highest BCUT2D eigenvalue weighted by atomic mass is 32.2. The number of benzene rings is 3. The van der Waals surface area contributed by atoms with E-state index in [2.05, 4.69) is 5.32 Å². The summed E-state index contributed by atoms with van der Waals surface area (Å²) in [5, 5.41) is 20.7. The van der Waals surface area contributed by atoms with Crippen LogP contribution in [-0.4, -0.2) is 40.3 Å². The maximum Gasteiger partial charge on any atom is 0.261 e. The van der Waals surface area contributed by atoms with Crippen molar-refractivity contribution in [3.8, 4) is 0 Å². The monoisotopic (exact) mass is 583 g/mol. The Hall–Kier alpha value is -3.03. The molecule has 1 heterocycles. The van der Waals surface area contributed by atoms with Gasteiger partial charge in [-0.1, -0.05) is 43.3 Å². The van der Waals surface area contributed by atoms with Gasteiger partial charge in [0.25, 0.3) is 5.91 Å². The molecule has 1 aliphatic rings. The molecular formula is C28H26F5NO5S. The van der Waals surface area contributed by atoms with Gasteiger partial charge in [0.05, 0.1) is 25.4 Å². The highest BCUT2D eigenvalue weighted by molar-refractivity contribution is 7.99. The highest BCUT2D eigenvalue weighted by Gasteiger charge is 2.38. The van der Waals surface area contributed by atoms with Gasteiger partial charge in [-0.25, -0.2) is 22.0 Å². The number of rotatable bonds is 9. The zero-order valence-corrected chi connectivity index (χ0v) is 22.0. The first kappa shape index (κ1) is 29.9. The van der Waals surface area contributed by atoms with Gasteiger partial charge in [-0.15, -0.1) is 0 Å². The smallest absolute Gasteiger partial charge is 0.261 e. The molecule has 1 fully saturated rings. The Kier molecular flexibility index (Phi) is 9.80. The predicted molar refractivity (Wildman–Crippen MR) is 138 cm³/mol. The molecule has 4 rings (SSSR count). The van der Waals surface area contributed by atoms with Crippen LogP contribution in [0, 0.1) is 35.0 Å². The van der Waals surface area contributed by atoms with Crippen LogP contribution >= 0.6 is 11.8 Å². The SMILES string of the molecule is C[C@H]1[C@@H](CSCCO)O[C@@H](c2ccc(NC(=O)c3c(F)c(F)c(F)c(F)c3F)cc2)O[C@H]1c1ccc(CO)cc1. The number of aliphatic hydroxyl groups excluding tert-OH is 2. The summed E-state index contributed by atoms with van der Waals surface area (Å²) >= 11 is 1.53. The minimum atomic E-state index is -2.35. The van der Waals surface area contributed by atoms with E-state index < -0.39 is 46.8 Å². The third-order valence-corrected chi connectivity index (χ3v) is 7.55. The number of thioether (sulfide) groups is 1. The number of carbonyl (C=O) groups excluding carboxylic acids is 1. The summed E-state index contributed by atoms with van der Waals surface area (Å²) in [5.41, 5.74) is 0.621. The van der Waals surface area contributed by atoms with Crippen molar-refractivity contribution >= 4 is 23.4 Å². The van der Waals surface area contributed by atoms with Crippen molar-refractivity contribution in [1.82, 2.24) is 0 Å². The molecule has 12 heteroatoms. The van der Waals surface area contributed by atoms with Crippen molar-refractivity contribution in [3.63, 3.8) is 0 Å². The summed E-state index contributed by atoms with van der Waals surface area (Å²) in [7, 11) is 0. The quantitative estimate of drug-likeness (QED) is 0.131. The first-order chi connectivity index (χ1) is 19.2. The molecule has 0 aromatic heterocycles. The van der Waals surface area contributed by atoms with E-state index in [0.29, 0.717) is 17.1 Å². The molecular weight excluding hydrogens is 557 g/mol. The second-order valence-corrected chi connectivity index (χ2v) is 10.3. The van der Waals surface area contributed by atoms with Crippen LogP contribution < -0.4 is 5.32 Å². The molecule has 1 saturated heterocycles. The van der Waals surface area contributed by atoms with Gasteiger partial charge in [0.2, 0.25) is 5.82 Å². The number of ether oxygens (including phenoxy) is 2. The van der Waals surface area contributed by atoms with E-state index in [1.54, 1.807) is 24.3 Å². The number of amides is 1. The first-order valence-electron chi connectivity index (χ1n) is 12.3. The molecule has 0 radical (unpaired) electrons. The molecule has 0 aliphatic carbocycles. The summed E-state index contributed by atoms with van der Waals surface area (Å²) in [6.45, 7) is 1.92. The summed E-state index contributed by atoms with van der Waals surface area (Å²) < 4.78 is 80.9. The van der Waals surface area contributed by atoms with E-state index in [4.69, 9.17) is 14.6 Å². The lowest BCUT2D eigenvalue weighted by Gasteiger charge is -2.41. The number of hydrogen-bond donors (Lipinski definition) is 3. The fraction of sp³-hybridized carbons (Fsp3) is 0.321. The fourth-order valence-corrected chi connectivity index (χ4v) is 5.21. The van der Waals surface area contributed by atoms with Gasteiger partial charge >= 0.3 is 0 Å². The average Bonchev–Trinajstić information content (AvgIpc) is 2.96. The van der Waals surface area contributed by atoms with Crippen molar-refractivity contribution in [2.75, 3.05) is 23.4 Å². The van der Waals surface area contributed by atoms with Crippen molar-refractivity contribution < 1.29 is 46.4 Å². The number of carbonyl (C=O) groups is 1. The molecule has 3 aromatic rings. The Morgan fingerprint density at radius 3 is 2.00 bits per heavy atom. The number of nitrogens with one attached hydrogen (secondary N) is 1. The molecule has 0 spiro atoms. The van der Waals surface area contributed by atoms with Gasteiger partial charge in [-0.2, -0.15) is 11.8 Å². The van der Waals surface area contributed by atoms with Crippen LogP contribution in [0.25, 0.3) is 0 Å². The van der Waals surface area contributed by atoms with Crippen LogP contribution in [0.2, 0.25) is 0 Å². The fourth-order valence-electron chi connectivity index (χ4n) is 4.30. The van der Waals surface area contributed by atoms with Crippen molar-refractivity contribution in [2.45, 2.75) is 32.0 Å². The Balaban J connectivity index is 1.54. The number of aliphatic hydroxyl groups is 2. The molecule has 3 aromatic carbocycles. The molecule has 3 N–H and O–H groups in total. The van der Waals surface area contributed by atoms with Gasteiger partial charge in [-0.3, -0.25) is 4.79 Å². The third-order valence-electron chi connectivity index (χ3n) is 6.52. The van der Waals surface area contributed by atoms with Crippen LogP contribution in [0.4, 0.5) is 27.6 Å². The Bertz CT molecular complexity index is 1310. The van der Waals surface area contributed by atoms with E-state index >= 15 is 0 Å². The summed E-state index contributed by atoms with van der Waals surface area (Å²) in [6, 6.07) is 13.2. The zero-order valence-electron chi connectivity index (χ0n) is 21.2. The maximum atomic E-state index is 14.0. The molecule has 40 heavy (non-hydrogen) atoms. The predicted octanol–water partition coefficient (Wildman–Crippen LogP) is 5.64. The molecule has 0 unspecified atom stereocenters. The normalized spacial score (nSPS) is 20.9. The van der Waals surface area contributed by atoms with Gasteiger partial charge in [-0.05, 0) is 23.3 Å². The average molecular weight is 584 g/mol. The first-order valence-corrected chi connectivity index (χ1v) is 13.4. The Labute approximate surface area is 231 Å².